The van der Waals surface area contributed by atoms with Gasteiger partial charge in [0.2, 0.25) is 0 Å². The Kier molecular flexibility index (Phi) is 3.91. The van der Waals surface area contributed by atoms with Gasteiger partial charge in [-0.3, -0.25) is 0 Å². The Morgan fingerprint density at radius 1 is 0.652 bits per heavy atom. The van der Waals surface area contributed by atoms with Crippen LogP contribution in [-0.4, -0.2) is 43.4 Å². The van der Waals surface area contributed by atoms with Crippen LogP contribution in [-0.2, 0) is 0 Å². The first-order chi connectivity index (χ1) is 10.8. The van der Waals surface area contributed by atoms with Crippen LogP contribution in [0.3, 0.4) is 0 Å². The molecule has 0 aromatic heterocycles. The average molecular weight is 318 g/mol. The molecule has 2 rings (SSSR count). The molecule has 0 fully saturated rings. The van der Waals surface area contributed by atoms with Crippen molar-refractivity contribution in [1.29, 1.82) is 0 Å². The lowest BCUT2D eigenvalue weighted by atomic mass is 9.90. The topological polar surface area (TPSA) is 152 Å². The molecule has 0 amide bonds. The van der Waals surface area contributed by atoms with E-state index >= 15 is 0 Å². The molecule has 8 heteroatoms. The van der Waals surface area contributed by atoms with Gasteiger partial charge in [-0.2, -0.15) is 0 Å². The third-order valence-electron chi connectivity index (χ3n) is 3.15. The lowest BCUT2D eigenvalue weighted by Gasteiger charge is -2.16. The van der Waals surface area contributed by atoms with Crippen molar-refractivity contribution in [3.63, 3.8) is 0 Å². The number of carboxylic acids is 3. The predicted octanol–water partition coefficient (Wildman–Crippen LogP) is 1.86. The molecule has 2 aromatic rings. The van der Waals surface area contributed by atoms with Crippen molar-refractivity contribution < 1.29 is 39.9 Å². The smallest absolute Gasteiger partial charge is 0.340 e. The summed E-state index contributed by atoms with van der Waals surface area (Å²) in [5, 5.41) is 47.5. The van der Waals surface area contributed by atoms with Crippen molar-refractivity contribution in [3.8, 4) is 22.6 Å². The first-order valence-corrected chi connectivity index (χ1v) is 6.14. The Morgan fingerprint density at radius 2 is 1.13 bits per heavy atom. The minimum absolute atomic E-state index is 0.108. The number of aromatic carboxylic acids is 3. The Hall–Kier alpha value is -3.55. The van der Waals surface area contributed by atoms with E-state index in [2.05, 4.69) is 0 Å². The minimum atomic E-state index is -1.88. The Labute approximate surface area is 128 Å². The van der Waals surface area contributed by atoms with E-state index in [9.17, 15) is 34.8 Å². The molecule has 0 heterocycles. The largest absolute Gasteiger partial charge is 0.504 e. The molecule has 0 unspecified atom stereocenters. The number of carboxylic acid groups (broad SMARTS) is 3. The fraction of sp³-hybridized carbons (Fsp3) is 0. The van der Waals surface area contributed by atoms with Gasteiger partial charge in [-0.05, 0) is 5.56 Å². The molecular weight excluding hydrogens is 308 g/mol. The average Bonchev–Trinajstić information content (AvgIpc) is 2.49. The SMILES string of the molecule is O=C(O)c1c(O)c(O)c(-c2ccccc2)c(C(=O)O)c1C(=O)O. The molecule has 0 aliphatic rings. The highest BCUT2D eigenvalue weighted by Crippen LogP contribution is 2.44. The summed E-state index contributed by atoms with van der Waals surface area (Å²) in [5.74, 6) is -7.71. The van der Waals surface area contributed by atoms with E-state index in [4.69, 9.17) is 5.11 Å². The molecule has 118 valence electrons. The molecule has 0 aliphatic heterocycles. The van der Waals surface area contributed by atoms with Crippen LogP contribution < -0.4 is 0 Å². The van der Waals surface area contributed by atoms with Crippen molar-refractivity contribution in [2.75, 3.05) is 0 Å². The van der Waals surface area contributed by atoms with Gasteiger partial charge in [-0.1, -0.05) is 30.3 Å². The second kappa shape index (κ2) is 5.68. The quantitative estimate of drug-likeness (QED) is 0.535. The second-order valence-electron chi connectivity index (χ2n) is 4.48. The molecule has 0 radical (unpaired) electrons. The highest BCUT2D eigenvalue weighted by molar-refractivity contribution is 6.15. The van der Waals surface area contributed by atoms with Gasteiger partial charge in [0.15, 0.2) is 11.5 Å². The molecule has 0 bridgehead atoms. The summed E-state index contributed by atoms with van der Waals surface area (Å²) >= 11 is 0. The maximum atomic E-state index is 11.5. The lowest BCUT2D eigenvalue weighted by molar-refractivity contribution is 0.0630. The van der Waals surface area contributed by atoms with E-state index in [-0.39, 0.29) is 5.56 Å². The molecule has 0 saturated heterocycles. The van der Waals surface area contributed by atoms with Gasteiger partial charge in [-0.15, -0.1) is 0 Å². The molecule has 5 N–H and O–H groups in total. The van der Waals surface area contributed by atoms with E-state index < -0.39 is 51.7 Å². The summed E-state index contributed by atoms with van der Waals surface area (Å²) in [7, 11) is 0. The fourth-order valence-electron chi connectivity index (χ4n) is 2.25. The normalized spacial score (nSPS) is 10.3. The van der Waals surface area contributed by atoms with Gasteiger partial charge in [-0.25, -0.2) is 14.4 Å². The van der Waals surface area contributed by atoms with Gasteiger partial charge < -0.3 is 25.5 Å². The number of phenolic OH excluding ortho intramolecular Hbond substituents is 1. The molecule has 23 heavy (non-hydrogen) atoms. The van der Waals surface area contributed by atoms with Gasteiger partial charge in [0.05, 0.1) is 11.1 Å². The first-order valence-electron chi connectivity index (χ1n) is 6.14. The Bertz CT molecular complexity index is 823. The summed E-state index contributed by atoms with van der Waals surface area (Å²) < 4.78 is 0. The number of benzene rings is 2. The zero-order valence-electron chi connectivity index (χ0n) is 11.3. The molecule has 0 atom stereocenters. The van der Waals surface area contributed by atoms with Crippen LogP contribution in [0.2, 0.25) is 0 Å². The monoisotopic (exact) mass is 318 g/mol. The maximum Gasteiger partial charge on any atom is 0.340 e. The first kappa shape index (κ1) is 15.8. The van der Waals surface area contributed by atoms with Crippen LogP contribution in [0.15, 0.2) is 30.3 Å². The van der Waals surface area contributed by atoms with Crippen LogP contribution in [0.5, 0.6) is 11.5 Å². The van der Waals surface area contributed by atoms with Crippen LogP contribution in [0, 0.1) is 0 Å². The lowest BCUT2D eigenvalue weighted by Crippen LogP contribution is -2.16. The predicted molar refractivity (Wildman–Crippen MR) is 76.1 cm³/mol. The van der Waals surface area contributed by atoms with Crippen molar-refractivity contribution in [1.82, 2.24) is 0 Å². The molecular formula is C15H10O8. The van der Waals surface area contributed by atoms with E-state index in [1.807, 2.05) is 0 Å². The summed E-state index contributed by atoms with van der Waals surface area (Å²) in [5.41, 5.74) is -3.59. The number of phenols is 2. The third kappa shape index (κ3) is 2.53. The highest BCUT2D eigenvalue weighted by atomic mass is 16.4. The third-order valence-corrected chi connectivity index (χ3v) is 3.15. The minimum Gasteiger partial charge on any atom is -0.504 e. The van der Waals surface area contributed by atoms with Gasteiger partial charge in [0, 0.05) is 5.56 Å². The zero-order valence-corrected chi connectivity index (χ0v) is 11.3. The number of hydrogen-bond donors (Lipinski definition) is 5. The highest BCUT2D eigenvalue weighted by Gasteiger charge is 2.34. The summed E-state index contributed by atoms with van der Waals surface area (Å²) in [6, 6.07) is 7.37. The second-order valence-corrected chi connectivity index (χ2v) is 4.48. The van der Waals surface area contributed by atoms with Crippen molar-refractivity contribution in [2.24, 2.45) is 0 Å². The molecule has 2 aromatic carbocycles. The molecule has 8 nitrogen and oxygen atoms in total. The zero-order chi connectivity index (χ0) is 17.3. The number of carbonyl (C=O) groups is 3. The van der Waals surface area contributed by atoms with Gasteiger partial charge in [0.1, 0.15) is 5.56 Å². The standard InChI is InChI=1S/C15H10O8/c16-11-7(6-4-2-1-3-5-6)8(13(18)19)9(14(20)21)10(12(11)17)15(22)23/h1-5,16-17H,(H,18,19)(H,20,21)(H,22,23). The fourth-order valence-corrected chi connectivity index (χ4v) is 2.25. The summed E-state index contributed by atoms with van der Waals surface area (Å²) in [6.07, 6.45) is 0. The van der Waals surface area contributed by atoms with Crippen molar-refractivity contribution in [3.05, 3.63) is 47.0 Å². The van der Waals surface area contributed by atoms with Crippen molar-refractivity contribution in [2.45, 2.75) is 0 Å². The summed E-state index contributed by atoms with van der Waals surface area (Å²) in [4.78, 5) is 34.1. The van der Waals surface area contributed by atoms with E-state index in [1.165, 1.54) is 24.3 Å². The Morgan fingerprint density at radius 3 is 1.57 bits per heavy atom. The van der Waals surface area contributed by atoms with E-state index in [1.54, 1.807) is 6.07 Å². The number of rotatable bonds is 4. The molecule has 0 spiro atoms. The van der Waals surface area contributed by atoms with Crippen molar-refractivity contribution >= 4 is 17.9 Å². The van der Waals surface area contributed by atoms with Gasteiger partial charge in [0.25, 0.3) is 0 Å². The van der Waals surface area contributed by atoms with Crippen LogP contribution in [0.25, 0.3) is 11.1 Å². The Balaban J connectivity index is 3.07. The van der Waals surface area contributed by atoms with Crippen LogP contribution >= 0.6 is 0 Å². The maximum absolute atomic E-state index is 11.5. The molecule has 0 saturated carbocycles. The molecule has 0 aliphatic carbocycles. The number of hydrogen-bond acceptors (Lipinski definition) is 5. The van der Waals surface area contributed by atoms with E-state index in [0.29, 0.717) is 0 Å². The van der Waals surface area contributed by atoms with Crippen LogP contribution in [0.1, 0.15) is 31.1 Å². The summed E-state index contributed by atoms with van der Waals surface area (Å²) in [6.45, 7) is 0. The number of aromatic hydroxyl groups is 2. The van der Waals surface area contributed by atoms with Crippen LogP contribution in [0.4, 0.5) is 0 Å². The van der Waals surface area contributed by atoms with E-state index in [0.717, 1.165) is 0 Å². The van der Waals surface area contributed by atoms with Gasteiger partial charge >= 0.3 is 17.9 Å².